The third kappa shape index (κ3) is 2.35. The minimum atomic E-state index is -0.161. The fraction of sp³-hybridized carbons (Fsp3) is 0.231. The Hall–Kier alpha value is -1.38. The summed E-state index contributed by atoms with van der Waals surface area (Å²) in [6.45, 7) is 0.0346. The first-order chi connectivity index (χ1) is 7.29. The van der Waals surface area contributed by atoms with E-state index in [0.717, 1.165) is 6.42 Å². The molecule has 1 atom stereocenters. The van der Waals surface area contributed by atoms with E-state index in [1.54, 1.807) is 0 Å². The zero-order valence-corrected chi connectivity index (χ0v) is 8.56. The summed E-state index contributed by atoms with van der Waals surface area (Å²) in [7, 11) is 0. The molecule has 0 aliphatic heterocycles. The molecule has 78 valence electrons. The van der Waals surface area contributed by atoms with Crippen molar-refractivity contribution in [1.29, 1.82) is 0 Å². The van der Waals surface area contributed by atoms with Crippen LogP contribution in [0, 0.1) is 0 Å². The van der Waals surface area contributed by atoms with E-state index < -0.39 is 0 Å². The molecule has 0 spiro atoms. The molecule has 0 fully saturated rings. The fourth-order valence-corrected chi connectivity index (χ4v) is 1.73. The van der Waals surface area contributed by atoms with E-state index in [2.05, 4.69) is 30.3 Å². The minimum Gasteiger partial charge on any atom is -0.395 e. The highest BCUT2D eigenvalue weighted by Crippen LogP contribution is 2.16. The van der Waals surface area contributed by atoms with Crippen molar-refractivity contribution in [2.75, 3.05) is 6.61 Å². The van der Waals surface area contributed by atoms with E-state index in [-0.39, 0.29) is 12.6 Å². The predicted molar refractivity (Wildman–Crippen MR) is 62.7 cm³/mol. The molecule has 2 aromatic carbocycles. The van der Waals surface area contributed by atoms with Gasteiger partial charge in [-0.05, 0) is 22.8 Å². The summed E-state index contributed by atoms with van der Waals surface area (Å²) in [5, 5.41) is 11.3. The van der Waals surface area contributed by atoms with Crippen LogP contribution in [-0.2, 0) is 6.42 Å². The monoisotopic (exact) mass is 201 g/mol. The molecule has 2 aromatic rings. The summed E-state index contributed by atoms with van der Waals surface area (Å²) in [5.74, 6) is 0. The van der Waals surface area contributed by atoms with E-state index in [9.17, 15) is 0 Å². The second kappa shape index (κ2) is 4.43. The van der Waals surface area contributed by atoms with Crippen LogP contribution in [0.2, 0.25) is 0 Å². The first-order valence-electron chi connectivity index (χ1n) is 5.13. The van der Waals surface area contributed by atoms with Crippen molar-refractivity contribution in [3.63, 3.8) is 0 Å². The van der Waals surface area contributed by atoms with Crippen molar-refractivity contribution < 1.29 is 5.11 Å². The Morgan fingerprint density at radius 1 is 1.07 bits per heavy atom. The molecule has 3 N–H and O–H groups in total. The summed E-state index contributed by atoms with van der Waals surface area (Å²) >= 11 is 0. The maximum Gasteiger partial charge on any atom is 0.0585 e. The maximum atomic E-state index is 8.88. The predicted octanol–water partition coefficient (Wildman–Crippen LogP) is 1.70. The van der Waals surface area contributed by atoms with Crippen molar-refractivity contribution in [3.05, 3.63) is 48.0 Å². The summed E-state index contributed by atoms with van der Waals surface area (Å²) < 4.78 is 0. The van der Waals surface area contributed by atoms with Crippen LogP contribution in [0.5, 0.6) is 0 Å². The van der Waals surface area contributed by atoms with Gasteiger partial charge in [0, 0.05) is 6.04 Å². The molecule has 0 saturated carbocycles. The highest BCUT2D eigenvalue weighted by atomic mass is 16.3. The zero-order valence-electron chi connectivity index (χ0n) is 8.56. The first-order valence-corrected chi connectivity index (χ1v) is 5.13. The number of fused-ring (bicyclic) bond motifs is 1. The number of nitrogens with two attached hydrogens (primary N) is 1. The number of aliphatic hydroxyl groups is 1. The molecule has 0 saturated heterocycles. The Labute approximate surface area is 89.3 Å². The summed E-state index contributed by atoms with van der Waals surface area (Å²) in [6, 6.07) is 14.4. The third-order valence-corrected chi connectivity index (χ3v) is 2.55. The van der Waals surface area contributed by atoms with Crippen LogP contribution in [-0.4, -0.2) is 17.8 Å². The topological polar surface area (TPSA) is 46.2 Å². The molecule has 0 amide bonds. The fourth-order valence-electron chi connectivity index (χ4n) is 1.73. The van der Waals surface area contributed by atoms with Crippen LogP contribution in [0.25, 0.3) is 10.8 Å². The van der Waals surface area contributed by atoms with Crippen molar-refractivity contribution >= 4 is 10.8 Å². The molecule has 0 aromatic heterocycles. The van der Waals surface area contributed by atoms with E-state index in [4.69, 9.17) is 10.8 Å². The largest absolute Gasteiger partial charge is 0.395 e. The molecule has 0 aliphatic rings. The highest BCUT2D eigenvalue weighted by molar-refractivity contribution is 5.82. The van der Waals surface area contributed by atoms with Gasteiger partial charge in [0.05, 0.1) is 6.61 Å². The summed E-state index contributed by atoms with van der Waals surface area (Å²) in [6.07, 6.45) is 0.724. The lowest BCUT2D eigenvalue weighted by atomic mass is 10.0. The maximum absolute atomic E-state index is 8.88. The normalized spacial score (nSPS) is 12.9. The van der Waals surface area contributed by atoms with Crippen molar-refractivity contribution in [1.82, 2.24) is 0 Å². The van der Waals surface area contributed by atoms with E-state index in [0.29, 0.717) is 0 Å². The van der Waals surface area contributed by atoms with Gasteiger partial charge in [-0.3, -0.25) is 0 Å². The molecule has 0 radical (unpaired) electrons. The first kappa shape index (κ1) is 10.1. The quantitative estimate of drug-likeness (QED) is 0.794. The van der Waals surface area contributed by atoms with Crippen LogP contribution >= 0.6 is 0 Å². The number of rotatable bonds is 3. The lowest BCUT2D eigenvalue weighted by molar-refractivity contribution is 0.265. The van der Waals surface area contributed by atoms with Crippen molar-refractivity contribution in [3.8, 4) is 0 Å². The average Bonchev–Trinajstić information content (AvgIpc) is 2.29. The number of hydrogen-bond acceptors (Lipinski definition) is 2. The van der Waals surface area contributed by atoms with Crippen LogP contribution < -0.4 is 5.73 Å². The zero-order chi connectivity index (χ0) is 10.7. The van der Waals surface area contributed by atoms with Crippen LogP contribution in [0.4, 0.5) is 0 Å². The van der Waals surface area contributed by atoms with Gasteiger partial charge in [-0.25, -0.2) is 0 Å². The minimum absolute atomic E-state index is 0.0346. The van der Waals surface area contributed by atoms with Gasteiger partial charge >= 0.3 is 0 Å². The Balaban J connectivity index is 2.30. The average molecular weight is 201 g/mol. The van der Waals surface area contributed by atoms with Crippen molar-refractivity contribution in [2.24, 2.45) is 5.73 Å². The van der Waals surface area contributed by atoms with Crippen molar-refractivity contribution in [2.45, 2.75) is 12.5 Å². The Kier molecular flexibility index (Phi) is 2.99. The van der Waals surface area contributed by atoms with Crippen LogP contribution in [0.15, 0.2) is 42.5 Å². The molecule has 0 heterocycles. The van der Waals surface area contributed by atoms with Gasteiger partial charge in [-0.1, -0.05) is 42.5 Å². The van der Waals surface area contributed by atoms with Gasteiger partial charge in [0.25, 0.3) is 0 Å². The van der Waals surface area contributed by atoms with Crippen LogP contribution in [0.1, 0.15) is 5.56 Å². The van der Waals surface area contributed by atoms with Gasteiger partial charge in [-0.15, -0.1) is 0 Å². The number of aliphatic hydroxyl groups excluding tert-OH is 1. The smallest absolute Gasteiger partial charge is 0.0585 e. The standard InChI is InChI=1S/C13H15NO/c14-13(9-15)8-10-5-6-11-3-1-2-4-12(11)7-10/h1-7,13,15H,8-9,14H2/t13-/m1/s1. The molecule has 2 nitrogen and oxygen atoms in total. The summed E-state index contributed by atoms with van der Waals surface area (Å²) in [4.78, 5) is 0. The second-order valence-corrected chi connectivity index (χ2v) is 3.83. The Bertz CT molecular complexity index is 453. The Morgan fingerprint density at radius 2 is 1.80 bits per heavy atom. The summed E-state index contributed by atoms with van der Waals surface area (Å²) in [5.41, 5.74) is 6.88. The van der Waals surface area contributed by atoms with Gasteiger partial charge in [0.2, 0.25) is 0 Å². The second-order valence-electron chi connectivity index (χ2n) is 3.83. The number of benzene rings is 2. The molecule has 0 unspecified atom stereocenters. The lowest BCUT2D eigenvalue weighted by Crippen LogP contribution is -2.26. The molecule has 0 bridgehead atoms. The van der Waals surface area contributed by atoms with E-state index in [1.807, 2.05) is 12.1 Å². The molecule has 2 heteroatoms. The molecular formula is C13H15NO. The lowest BCUT2D eigenvalue weighted by Gasteiger charge is -2.08. The van der Waals surface area contributed by atoms with E-state index in [1.165, 1.54) is 16.3 Å². The van der Waals surface area contributed by atoms with E-state index >= 15 is 0 Å². The molecule has 15 heavy (non-hydrogen) atoms. The highest BCUT2D eigenvalue weighted by Gasteiger charge is 2.02. The van der Waals surface area contributed by atoms with Gasteiger partial charge in [-0.2, -0.15) is 0 Å². The molecular weight excluding hydrogens is 186 g/mol. The molecule has 0 aliphatic carbocycles. The third-order valence-electron chi connectivity index (χ3n) is 2.55. The van der Waals surface area contributed by atoms with Gasteiger partial charge in [0.15, 0.2) is 0 Å². The van der Waals surface area contributed by atoms with Gasteiger partial charge < -0.3 is 10.8 Å². The molecule has 2 rings (SSSR count). The number of hydrogen-bond donors (Lipinski definition) is 2. The SMILES string of the molecule is N[C@@H](CO)Cc1ccc2ccccc2c1. The van der Waals surface area contributed by atoms with Crippen LogP contribution in [0.3, 0.4) is 0 Å². The van der Waals surface area contributed by atoms with Gasteiger partial charge in [0.1, 0.15) is 0 Å². The Morgan fingerprint density at radius 3 is 2.53 bits per heavy atom.